The zero-order chi connectivity index (χ0) is 25.9. The minimum absolute atomic E-state index is 0. The molecule has 5 rings (SSSR count). The minimum atomic E-state index is -0.844. The van der Waals surface area contributed by atoms with Gasteiger partial charge in [-0.2, -0.15) is 0 Å². The fourth-order valence-corrected chi connectivity index (χ4v) is 6.47. The van der Waals surface area contributed by atoms with Gasteiger partial charge in [-0.25, -0.2) is 4.98 Å². The smallest absolute Gasteiger partial charge is 0.246 e. The molecule has 2 N–H and O–H groups in total. The summed E-state index contributed by atoms with van der Waals surface area (Å²) in [5, 5.41) is 14.2. The molecule has 1 atom stereocenters. The largest absolute Gasteiger partial charge is 0.390 e. The number of amides is 2. The maximum atomic E-state index is 13.7. The van der Waals surface area contributed by atoms with E-state index in [1.165, 1.54) is 5.56 Å². The number of hydrogen-bond donors (Lipinski definition) is 2. The van der Waals surface area contributed by atoms with Crippen molar-refractivity contribution in [3.8, 4) is 5.69 Å². The summed E-state index contributed by atoms with van der Waals surface area (Å²) in [4.78, 5) is 35.8. The zero-order valence-corrected chi connectivity index (χ0v) is 24.5. The Morgan fingerprint density at radius 2 is 1.72 bits per heavy atom. The van der Waals surface area contributed by atoms with Crippen LogP contribution in [0.2, 0.25) is 0 Å². The van der Waals surface area contributed by atoms with Crippen LogP contribution in [0.4, 0.5) is 0 Å². The molecule has 1 aromatic carbocycles. The molecule has 216 valence electrons. The van der Waals surface area contributed by atoms with Gasteiger partial charge < -0.3 is 19.9 Å². The monoisotopic (exact) mass is 579 g/mol. The van der Waals surface area contributed by atoms with E-state index in [2.05, 4.69) is 46.4 Å². The van der Waals surface area contributed by atoms with E-state index >= 15 is 0 Å². The van der Waals surface area contributed by atoms with Crippen LogP contribution in [0.3, 0.4) is 0 Å². The topological polar surface area (TPSA) is 90.7 Å². The van der Waals surface area contributed by atoms with Crippen molar-refractivity contribution in [1.82, 2.24) is 24.7 Å². The van der Waals surface area contributed by atoms with E-state index in [4.69, 9.17) is 0 Å². The molecule has 2 aliphatic heterocycles. The molecule has 0 bridgehead atoms. The highest BCUT2D eigenvalue weighted by molar-refractivity contribution is 6.00. The first-order valence-electron chi connectivity index (χ1n) is 14.1. The molecule has 1 aromatic heterocycles. The summed E-state index contributed by atoms with van der Waals surface area (Å²) >= 11 is 0. The lowest BCUT2D eigenvalue weighted by atomic mass is 9.77. The lowest BCUT2D eigenvalue weighted by Gasteiger charge is -2.52. The van der Waals surface area contributed by atoms with Crippen LogP contribution in [-0.2, 0) is 16.1 Å². The average molecular weight is 581 g/mol. The Labute approximate surface area is 244 Å². The number of hydrogen-bond acceptors (Lipinski definition) is 5. The summed E-state index contributed by atoms with van der Waals surface area (Å²) in [5.74, 6) is -0.0347. The second-order valence-electron chi connectivity index (χ2n) is 11.3. The van der Waals surface area contributed by atoms with Gasteiger partial charge in [-0.3, -0.25) is 14.5 Å². The molecule has 3 heterocycles. The number of imidazole rings is 1. The fraction of sp³-hybridized carbons (Fsp3) is 0.621. The average Bonchev–Trinajstić information content (AvgIpc) is 3.44. The van der Waals surface area contributed by atoms with E-state index in [1.807, 2.05) is 15.7 Å². The van der Waals surface area contributed by atoms with E-state index in [0.717, 1.165) is 57.4 Å². The number of piperazine rings is 1. The van der Waals surface area contributed by atoms with Crippen molar-refractivity contribution >= 4 is 36.6 Å². The van der Waals surface area contributed by atoms with Gasteiger partial charge in [0.05, 0.1) is 11.9 Å². The van der Waals surface area contributed by atoms with Gasteiger partial charge in [-0.1, -0.05) is 44.7 Å². The second-order valence-corrected chi connectivity index (χ2v) is 11.3. The van der Waals surface area contributed by atoms with Crippen molar-refractivity contribution < 1.29 is 14.7 Å². The van der Waals surface area contributed by atoms with Gasteiger partial charge in [0.15, 0.2) is 0 Å². The number of carbonyl (C=O) groups is 2. The Morgan fingerprint density at radius 1 is 1.03 bits per heavy atom. The van der Waals surface area contributed by atoms with Crippen LogP contribution in [-0.4, -0.2) is 73.1 Å². The van der Waals surface area contributed by atoms with Crippen LogP contribution >= 0.6 is 24.8 Å². The summed E-state index contributed by atoms with van der Waals surface area (Å²) in [6, 6.07) is 7.87. The van der Waals surface area contributed by atoms with Crippen molar-refractivity contribution in [2.45, 2.75) is 94.9 Å². The Hall–Kier alpha value is -2.13. The number of unbranched alkanes of at least 4 members (excludes halogenated alkanes) is 1. The van der Waals surface area contributed by atoms with Gasteiger partial charge in [-0.15, -0.1) is 24.8 Å². The van der Waals surface area contributed by atoms with Crippen LogP contribution in [0.15, 0.2) is 43.0 Å². The molecule has 39 heavy (non-hydrogen) atoms. The molecule has 10 heteroatoms. The summed E-state index contributed by atoms with van der Waals surface area (Å²) in [7, 11) is 0. The number of carbonyl (C=O) groups excluding carboxylic acids is 2. The molecular weight excluding hydrogens is 537 g/mol. The standard InChI is InChI=1S/C29H41N5O3.2ClH/c1-2-3-16-34-26(35)25(20-28(37)11-5-4-6-12-28)31-27(36)29(34)13-17-32(18-14-29)21-23-7-9-24(10-8-23)33-19-15-30-22-33;;/h7-10,15,19,22,25,37H,2-6,11-14,16-18,20-21H2,1H3,(H,31,36);2*1H/t25-;;/m1../s1. The van der Waals surface area contributed by atoms with Crippen LogP contribution in [0, 0.1) is 0 Å². The molecule has 3 fully saturated rings. The normalized spacial score (nSPS) is 22.6. The Balaban J connectivity index is 0.00000210. The van der Waals surface area contributed by atoms with Gasteiger partial charge in [0.1, 0.15) is 11.6 Å². The quantitative estimate of drug-likeness (QED) is 0.487. The van der Waals surface area contributed by atoms with Crippen LogP contribution in [0.5, 0.6) is 0 Å². The summed E-state index contributed by atoms with van der Waals surface area (Å²) in [5.41, 5.74) is 0.686. The van der Waals surface area contributed by atoms with Crippen LogP contribution in [0.1, 0.15) is 76.7 Å². The van der Waals surface area contributed by atoms with Crippen molar-refractivity contribution in [2.75, 3.05) is 19.6 Å². The molecule has 1 saturated carbocycles. The number of aliphatic hydroxyl groups is 1. The highest BCUT2D eigenvalue weighted by Gasteiger charge is 2.54. The predicted molar refractivity (Wildman–Crippen MR) is 157 cm³/mol. The lowest BCUT2D eigenvalue weighted by Crippen LogP contribution is -2.73. The molecule has 2 saturated heterocycles. The predicted octanol–water partition coefficient (Wildman–Crippen LogP) is 4.26. The third-order valence-electron chi connectivity index (χ3n) is 8.74. The van der Waals surface area contributed by atoms with Gasteiger partial charge in [0.2, 0.25) is 11.8 Å². The number of halogens is 2. The number of likely N-dealkylation sites (tertiary alicyclic amines) is 1. The third kappa shape index (κ3) is 6.79. The number of piperidine rings is 1. The third-order valence-corrected chi connectivity index (χ3v) is 8.74. The number of nitrogens with one attached hydrogen (secondary N) is 1. The van der Waals surface area contributed by atoms with Gasteiger partial charge in [0, 0.05) is 50.7 Å². The molecule has 0 radical (unpaired) electrons. The van der Waals surface area contributed by atoms with Gasteiger partial charge >= 0.3 is 0 Å². The number of aromatic nitrogens is 2. The molecule has 2 amide bonds. The fourth-order valence-electron chi connectivity index (χ4n) is 6.47. The molecule has 0 unspecified atom stereocenters. The number of rotatable bonds is 8. The number of nitrogens with zero attached hydrogens (tertiary/aromatic N) is 4. The van der Waals surface area contributed by atoms with Crippen molar-refractivity contribution in [2.24, 2.45) is 0 Å². The Bertz CT molecular complexity index is 1070. The van der Waals surface area contributed by atoms with E-state index in [0.29, 0.717) is 38.6 Å². The van der Waals surface area contributed by atoms with E-state index in [1.54, 1.807) is 12.5 Å². The van der Waals surface area contributed by atoms with Crippen LogP contribution < -0.4 is 5.32 Å². The Morgan fingerprint density at radius 3 is 2.33 bits per heavy atom. The maximum Gasteiger partial charge on any atom is 0.246 e. The maximum absolute atomic E-state index is 13.7. The lowest BCUT2D eigenvalue weighted by molar-refractivity contribution is -0.163. The highest BCUT2D eigenvalue weighted by atomic mass is 35.5. The van der Waals surface area contributed by atoms with Crippen molar-refractivity contribution in [3.63, 3.8) is 0 Å². The molecule has 1 spiro atoms. The SMILES string of the molecule is CCCCN1C(=O)[C@@H](CC2(O)CCCCC2)NC(=O)C12CCN(Cc1ccc(-n3ccnc3)cc1)CC2.Cl.Cl. The first-order valence-corrected chi connectivity index (χ1v) is 14.1. The first-order chi connectivity index (χ1) is 17.9. The second kappa shape index (κ2) is 13.5. The first kappa shape index (κ1) is 31.4. The van der Waals surface area contributed by atoms with Crippen molar-refractivity contribution in [1.29, 1.82) is 0 Å². The molecule has 8 nitrogen and oxygen atoms in total. The molecule has 3 aliphatic rings. The minimum Gasteiger partial charge on any atom is -0.390 e. The summed E-state index contributed by atoms with van der Waals surface area (Å²) in [6.07, 6.45) is 13.5. The summed E-state index contributed by atoms with van der Waals surface area (Å²) < 4.78 is 1.98. The molecular formula is C29H43Cl2N5O3. The molecule has 2 aromatic rings. The Kier molecular flexibility index (Phi) is 10.9. The zero-order valence-electron chi connectivity index (χ0n) is 22.9. The van der Waals surface area contributed by atoms with Crippen LogP contribution in [0.25, 0.3) is 5.69 Å². The summed E-state index contributed by atoms with van der Waals surface area (Å²) in [6.45, 7) is 5.07. The van der Waals surface area contributed by atoms with E-state index in [9.17, 15) is 14.7 Å². The number of benzene rings is 1. The van der Waals surface area contributed by atoms with Gasteiger partial charge in [-0.05, 0) is 49.8 Å². The van der Waals surface area contributed by atoms with Gasteiger partial charge in [0.25, 0.3) is 0 Å². The van der Waals surface area contributed by atoms with E-state index < -0.39 is 17.2 Å². The van der Waals surface area contributed by atoms with Crippen molar-refractivity contribution in [3.05, 3.63) is 48.5 Å². The molecule has 1 aliphatic carbocycles. The highest BCUT2D eigenvalue weighted by Crippen LogP contribution is 2.37. The van der Waals surface area contributed by atoms with E-state index in [-0.39, 0.29) is 36.6 Å².